The van der Waals surface area contributed by atoms with Crippen LogP contribution in [0.25, 0.3) is 0 Å². The number of hydrogen-bond acceptors (Lipinski definition) is 3. The smallest absolute Gasteiger partial charge is 0.326 e. The van der Waals surface area contributed by atoms with Crippen LogP contribution in [0.2, 0.25) is 0 Å². The number of aliphatic carboxylic acids is 1. The Morgan fingerprint density at radius 3 is 2.88 bits per heavy atom. The van der Waals surface area contributed by atoms with Gasteiger partial charge in [0.15, 0.2) is 0 Å². The van der Waals surface area contributed by atoms with Gasteiger partial charge in [-0.3, -0.25) is 0 Å². The summed E-state index contributed by atoms with van der Waals surface area (Å²) < 4.78 is 0. The van der Waals surface area contributed by atoms with Crippen molar-refractivity contribution in [2.75, 3.05) is 24.6 Å². The number of carbonyl (C=O) groups is 2. The van der Waals surface area contributed by atoms with E-state index in [1.54, 1.807) is 0 Å². The molecule has 2 aliphatic rings. The maximum atomic E-state index is 11.9. The van der Waals surface area contributed by atoms with Crippen LogP contribution in [-0.4, -0.2) is 52.6 Å². The second-order valence-electron chi connectivity index (χ2n) is 4.61. The van der Waals surface area contributed by atoms with E-state index in [9.17, 15) is 9.59 Å². The average molecular weight is 258 g/mol. The Morgan fingerprint density at radius 2 is 2.24 bits per heavy atom. The molecule has 2 fully saturated rings. The molecule has 2 N–H and O–H groups in total. The lowest BCUT2D eigenvalue weighted by Gasteiger charge is -2.22. The minimum atomic E-state index is -0.894. The van der Waals surface area contributed by atoms with E-state index in [4.69, 9.17) is 5.11 Å². The van der Waals surface area contributed by atoms with Gasteiger partial charge in [-0.2, -0.15) is 11.8 Å². The van der Waals surface area contributed by atoms with Gasteiger partial charge in [0.25, 0.3) is 0 Å². The molecule has 2 aliphatic heterocycles. The number of amides is 2. The summed E-state index contributed by atoms with van der Waals surface area (Å²) in [4.78, 5) is 24.3. The molecule has 5 nitrogen and oxygen atoms in total. The first-order valence-electron chi connectivity index (χ1n) is 6.03. The van der Waals surface area contributed by atoms with Crippen LogP contribution in [0.5, 0.6) is 0 Å². The highest BCUT2D eigenvalue weighted by molar-refractivity contribution is 7.99. The van der Waals surface area contributed by atoms with Crippen LogP contribution in [-0.2, 0) is 4.79 Å². The molecule has 0 aromatic carbocycles. The van der Waals surface area contributed by atoms with Crippen molar-refractivity contribution < 1.29 is 14.7 Å². The zero-order valence-corrected chi connectivity index (χ0v) is 10.5. The average Bonchev–Trinajstić information content (AvgIpc) is 2.96. The Bertz CT molecular complexity index is 305. The third-order valence-electron chi connectivity index (χ3n) is 3.36. The zero-order valence-electron chi connectivity index (χ0n) is 9.72. The van der Waals surface area contributed by atoms with Gasteiger partial charge in [-0.25, -0.2) is 9.59 Å². The fraction of sp³-hybridized carbons (Fsp3) is 0.818. The summed E-state index contributed by atoms with van der Waals surface area (Å²) >= 11 is 1.91. The monoisotopic (exact) mass is 258 g/mol. The van der Waals surface area contributed by atoms with E-state index >= 15 is 0 Å². The SMILES string of the molecule is O=C(O)[C@@H]1CCCN1C(=O)NCC1CCSC1. The summed E-state index contributed by atoms with van der Waals surface area (Å²) in [7, 11) is 0. The molecule has 2 amide bonds. The molecule has 6 heteroatoms. The highest BCUT2D eigenvalue weighted by Gasteiger charge is 2.34. The van der Waals surface area contributed by atoms with Crippen molar-refractivity contribution in [1.29, 1.82) is 0 Å². The van der Waals surface area contributed by atoms with Crippen LogP contribution in [0, 0.1) is 5.92 Å². The van der Waals surface area contributed by atoms with E-state index < -0.39 is 12.0 Å². The topological polar surface area (TPSA) is 69.6 Å². The lowest BCUT2D eigenvalue weighted by atomic mass is 10.1. The molecule has 1 unspecified atom stereocenters. The van der Waals surface area contributed by atoms with E-state index in [0.717, 1.165) is 18.6 Å². The Hall–Kier alpha value is -0.910. The fourth-order valence-electron chi connectivity index (χ4n) is 2.34. The van der Waals surface area contributed by atoms with E-state index in [2.05, 4.69) is 5.32 Å². The summed E-state index contributed by atoms with van der Waals surface area (Å²) in [5.74, 6) is 1.92. The maximum absolute atomic E-state index is 11.9. The number of nitrogens with one attached hydrogen (secondary N) is 1. The van der Waals surface area contributed by atoms with Gasteiger partial charge >= 0.3 is 12.0 Å². The molecule has 2 atom stereocenters. The molecular formula is C11H18N2O3S. The molecule has 0 bridgehead atoms. The number of likely N-dealkylation sites (tertiary alicyclic amines) is 1. The van der Waals surface area contributed by atoms with Crippen molar-refractivity contribution in [2.45, 2.75) is 25.3 Å². The van der Waals surface area contributed by atoms with Crippen LogP contribution in [0.3, 0.4) is 0 Å². The second-order valence-corrected chi connectivity index (χ2v) is 5.76. The molecule has 0 spiro atoms. The summed E-state index contributed by atoms with van der Waals surface area (Å²) in [6.07, 6.45) is 2.50. The Labute approximate surface area is 105 Å². The number of hydrogen-bond donors (Lipinski definition) is 2. The van der Waals surface area contributed by atoms with Crippen LogP contribution in [0.1, 0.15) is 19.3 Å². The molecule has 0 aromatic heterocycles. The lowest BCUT2D eigenvalue weighted by Crippen LogP contribution is -2.47. The first-order valence-corrected chi connectivity index (χ1v) is 7.19. The van der Waals surface area contributed by atoms with Crippen LogP contribution < -0.4 is 5.32 Å². The van der Waals surface area contributed by atoms with Gasteiger partial charge in [-0.1, -0.05) is 0 Å². The minimum Gasteiger partial charge on any atom is -0.480 e. The number of rotatable bonds is 3. The van der Waals surface area contributed by atoms with Crippen molar-refractivity contribution in [3.63, 3.8) is 0 Å². The highest BCUT2D eigenvalue weighted by atomic mass is 32.2. The van der Waals surface area contributed by atoms with Crippen molar-refractivity contribution in [2.24, 2.45) is 5.92 Å². The number of carboxylic acids is 1. The standard InChI is InChI=1S/C11H18N2O3S/c14-10(15)9-2-1-4-13(9)11(16)12-6-8-3-5-17-7-8/h8-9H,1-7H2,(H,12,16)(H,14,15)/t8?,9-/m0/s1. The third-order valence-corrected chi connectivity index (χ3v) is 4.60. The van der Waals surface area contributed by atoms with Crippen molar-refractivity contribution in [3.8, 4) is 0 Å². The van der Waals surface area contributed by atoms with Gasteiger partial charge in [-0.05, 0) is 36.7 Å². The van der Waals surface area contributed by atoms with Gasteiger partial charge < -0.3 is 15.3 Å². The summed E-state index contributed by atoms with van der Waals surface area (Å²) in [6, 6.07) is -0.847. The van der Waals surface area contributed by atoms with E-state index in [-0.39, 0.29) is 6.03 Å². The molecule has 2 rings (SSSR count). The zero-order chi connectivity index (χ0) is 12.3. The summed E-state index contributed by atoms with van der Waals surface area (Å²) in [6.45, 7) is 1.23. The first kappa shape index (κ1) is 12.5. The number of carboxylic acid groups (broad SMARTS) is 1. The third kappa shape index (κ3) is 3.06. The quantitative estimate of drug-likeness (QED) is 0.792. The largest absolute Gasteiger partial charge is 0.480 e. The molecule has 2 saturated heterocycles. The Balaban J connectivity index is 1.80. The van der Waals surface area contributed by atoms with E-state index in [1.807, 2.05) is 11.8 Å². The number of urea groups is 1. The van der Waals surface area contributed by atoms with Crippen molar-refractivity contribution in [1.82, 2.24) is 10.2 Å². The molecule has 2 heterocycles. The molecule has 0 radical (unpaired) electrons. The molecular weight excluding hydrogens is 240 g/mol. The molecule has 0 aromatic rings. The van der Waals surface area contributed by atoms with Crippen LogP contribution in [0.4, 0.5) is 4.79 Å². The normalized spacial score (nSPS) is 28.4. The number of thioether (sulfide) groups is 1. The molecule has 17 heavy (non-hydrogen) atoms. The Kier molecular flexibility index (Phi) is 4.15. The van der Waals surface area contributed by atoms with Gasteiger partial charge in [-0.15, -0.1) is 0 Å². The molecule has 0 saturated carbocycles. The van der Waals surface area contributed by atoms with E-state index in [0.29, 0.717) is 25.4 Å². The van der Waals surface area contributed by atoms with E-state index in [1.165, 1.54) is 10.7 Å². The predicted octanol–water partition coefficient (Wildman–Crippen LogP) is 0.998. The minimum absolute atomic E-state index is 0.216. The first-order chi connectivity index (χ1) is 8.18. The van der Waals surface area contributed by atoms with Gasteiger partial charge in [0.05, 0.1) is 0 Å². The van der Waals surface area contributed by atoms with Crippen LogP contribution in [0.15, 0.2) is 0 Å². The van der Waals surface area contributed by atoms with Gasteiger partial charge in [0.1, 0.15) is 6.04 Å². The fourth-order valence-corrected chi connectivity index (χ4v) is 3.63. The lowest BCUT2D eigenvalue weighted by molar-refractivity contribution is -0.141. The second kappa shape index (κ2) is 5.62. The van der Waals surface area contributed by atoms with Crippen molar-refractivity contribution in [3.05, 3.63) is 0 Å². The van der Waals surface area contributed by atoms with Crippen LogP contribution >= 0.6 is 11.8 Å². The molecule has 0 aliphatic carbocycles. The number of carbonyl (C=O) groups excluding carboxylic acids is 1. The predicted molar refractivity (Wildman–Crippen MR) is 66.2 cm³/mol. The molecule has 96 valence electrons. The highest BCUT2D eigenvalue weighted by Crippen LogP contribution is 2.23. The number of nitrogens with zero attached hydrogens (tertiary/aromatic N) is 1. The Morgan fingerprint density at radius 1 is 1.41 bits per heavy atom. The summed E-state index contributed by atoms with van der Waals surface area (Å²) in [5, 5.41) is 11.8. The van der Waals surface area contributed by atoms with Gasteiger partial charge in [0.2, 0.25) is 0 Å². The van der Waals surface area contributed by atoms with Crippen molar-refractivity contribution >= 4 is 23.8 Å². The maximum Gasteiger partial charge on any atom is 0.326 e. The summed E-state index contributed by atoms with van der Waals surface area (Å²) in [5.41, 5.74) is 0. The van der Waals surface area contributed by atoms with Gasteiger partial charge in [0, 0.05) is 13.1 Å².